The number of rotatable bonds is 6. The molecule has 2 rings (SSSR count). The lowest BCUT2D eigenvalue weighted by Crippen LogP contribution is -2.43. The van der Waals surface area contributed by atoms with Crippen LogP contribution in [0.4, 0.5) is 0 Å². The lowest BCUT2D eigenvalue weighted by atomic mass is 10.0. The van der Waals surface area contributed by atoms with Crippen LogP contribution in [0.2, 0.25) is 16.6 Å². The SMILES string of the molecule is COCOc1cc(Br)c2c(C#C[Si](C(C)C)(C(C)C)C(C)C)cccc2c1. The van der Waals surface area contributed by atoms with E-state index in [4.69, 9.17) is 9.47 Å². The van der Waals surface area contributed by atoms with Gasteiger partial charge in [0.2, 0.25) is 0 Å². The molecule has 0 bridgehead atoms. The molecule has 0 radical (unpaired) electrons. The van der Waals surface area contributed by atoms with Crippen LogP contribution in [0, 0.1) is 11.5 Å². The van der Waals surface area contributed by atoms with Gasteiger partial charge in [0.1, 0.15) is 13.8 Å². The minimum atomic E-state index is -1.76. The average Bonchev–Trinajstić information content (AvgIpc) is 2.59. The Balaban J connectivity index is 2.59. The van der Waals surface area contributed by atoms with Crippen LogP contribution in [0.5, 0.6) is 5.75 Å². The Morgan fingerprint density at radius 1 is 1.00 bits per heavy atom. The summed E-state index contributed by atoms with van der Waals surface area (Å²) in [6.45, 7) is 14.3. The van der Waals surface area contributed by atoms with Gasteiger partial charge in [-0.1, -0.05) is 59.6 Å². The largest absolute Gasteiger partial charge is 0.468 e. The molecule has 2 aromatic carbocycles. The number of benzene rings is 2. The van der Waals surface area contributed by atoms with E-state index in [0.29, 0.717) is 16.6 Å². The van der Waals surface area contributed by atoms with Gasteiger partial charge in [0.25, 0.3) is 0 Å². The smallest absolute Gasteiger partial charge is 0.188 e. The van der Waals surface area contributed by atoms with Crippen LogP contribution in [0.15, 0.2) is 34.8 Å². The maximum atomic E-state index is 5.61. The van der Waals surface area contributed by atoms with E-state index >= 15 is 0 Å². The van der Waals surface area contributed by atoms with Crippen LogP contribution in [0.3, 0.4) is 0 Å². The predicted molar refractivity (Wildman–Crippen MR) is 122 cm³/mol. The van der Waals surface area contributed by atoms with Gasteiger partial charge in [-0.05, 0) is 56.1 Å². The molecular weight excluding hydrogens is 416 g/mol. The van der Waals surface area contributed by atoms with Crippen molar-refractivity contribution < 1.29 is 9.47 Å². The Kier molecular flexibility index (Phi) is 7.56. The zero-order valence-corrected chi connectivity index (χ0v) is 20.1. The first-order valence-electron chi connectivity index (χ1n) is 9.61. The Labute approximate surface area is 173 Å². The van der Waals surface area contributed by atoms with Crippen LogP contribution < -0.4 is 4.74 Å². The highest BCUT2D eigenvalue weighted by atomic mass is 79.9. The molecule has 27 heavy (non-hydrogen) atoms. The normalized spacial score (nSPS) is 12.0. The number of ether oxygens (including phenoxy) is 2. The minimum absolute atomic E-state index is 0.239. The van der Waals surface area contributed by atoms with Crippen molar-refractivity contribution in [3.05, 3.63) is 40.4 Å². The zero-order chi connectivity index (χ0) is 20.2. The van der Waals surface area contributed by atoms with E-state index in [2.05, 4.69) is 87.1 Å². The van der Waals surface area contributed by atoms with E-state index in [1.807, 2.05) is 12.1 Å². The van der Waals surface area contributed by atoms with E-state index in [1.165, 1.54) is 0 Å². The first-order chi connectivity index (χ1) is 12.7. The summed E-state index contributed by atoms with van der Waals surface area (Å²) >= 11 is 3.72. The molecule has 4 heteroatoms. The molecule has 0 saturated carbocycles. The average molecular weight is 447 g/mol. The predicted octanol–water partition coefficient (Wildman–Crippen LogP) is 7.15. The summed E-state index contributed by atoms with van der Waals surface area (Å²) in [5.74, 6) is 4.38. The van der Waals surface area contributed by atoms with Crippen molar-refractivity contribution in [3.63, 3.8) is 0 Å². The first kappa shape index (κ1) is 22.0. The Bertz CT molecular complexity index is 825. The molecule has 146 valence electrons. The molecule has 0 aliphatic carbocycles. The summed E-state index contributed by atoms with van der Waals surface area (Å²) < 4.78 is 11.6. The second-order valence-electron chi connectivity index (χ2n) is 8.01. The quantitative estimate of drug-likeness (QED) is 0.266. The van der Waals surface area contributed by atoms with Crippen molar-refractivity contribution in [2.75, 3.05) is 13.9 Å². The van der Waals surface area contributed by atoms with E-state index in [-0.39, 0.29) is 6.79 Å². The third-order valence-electron chi connectivity index (χ3n) is 5.53. The van der Waals surface area contributed by atoms with Gasteiger partial charge < -0.3 is 9.47 Å². The highest BCUT2D eigenvalue weighted by Gasteiger charge is 2.41. The summed E-state index contributed by atoms with van der Waals surface area (Å²) in [6.07, 6.45) is 0. The second-order valence-corrected chi connectivity index (χ2v) is 14.4. The molecule has 0 fully saturated rings. The number of hydrogen-bond acceptors (Lipinski definition) is 2. The maximum absolute atomic E-state index is 5.61. The van der Waals surface area contributed by atoms with Crippen molar-refractivity contribution in [2.45, 2.75) is 58.2 Å². The van der Waals surface area contributed by atoms with E-state index in [0.717, 1.165) is 26.6 Å². The highest BCUT2D eigenvalue weighted by molar-refractivity contribution is 9.10. The van der Waals surface area contributed by atoms with Crippen LogP contribution in [-0.2, 0) is 4.74 Å². The lowest BCUT2D eigenvalue weighted by Gasteiger charge is -2.38. The zero-order valence-electron chi connectivity index (χ0n) is 17.5. The van der Waals surface area contributed by atoms with Crippen LogP contribution >= 0.6 is 15.9 Å². The van der Waals surface area contributed by atoms with Gasteiger partial charge in [-0.3, -0.25) is 0 Å². The van der Waals surface area contributed by atoms with Crippen molar-refractivity contribution in [1.29, 1.82) is 0 Å². The summed E-state index contributed by atoms with van der Waals surface area (Å²) in [4.78, 5) is 0. The molecule has 0 saturated heterocycles. The number of methoxy groups -OCH3 is 1. The number of fused-ring (bicyclic) bond motifs is 1. The third kappa shape index (κ3) is 4.59. The molecule has 0 aromatic heterocycles. The fourth-order valence-electron chi connectivity index (χ4n) is 4.27. The van der Waals surface area contributed by atoms with Crippen molar-refractivity contribution >= 4 is 34.8 Å². The standard InChI is InChI=1S/C23H31BrO2Si/c1-16(2)27(17(3)4,18(5)6)12-11-19-9-8-10-20-13-21(26-15-25-7)14-22(24)23(19)20/h8-10,13-14,16-18H,15H2,1-7H3. The molecule has 0 unspecified atom stereocenters. The fourth-order valence-corrected chi connectivity index (χ4v) is 10.2. The van der Waals surface area contributed by atoms with Gasteiger partial charge in [-0.2, -0.15) is 0 Å². The van der Waals surface area contributed by atoms with Crippen LogP contribution in [-0.4, -0.2) is 22.0 Å². The molecule has 2 nitrogen and oxygen atoms in total. The lowest BCUT2D eigenvalue weighted by molar-refractivity contribution is 0.0512. The molecule has 0 atom stereocenters. The summed E-state index contributed by atoms with van der Waals surface area (Å²) in [7, 11) is -0.138. The summed E-state index contributed by atoms with van der Waals surface area (Å²) in [6, 6.07) is 10.3. The number of hydrogen-bond donors (Lipinski definition) is 0. The molecule has 0 N–H and O–H groups in total. The third-order valence-corrected chi connectivity index (χ3v) is 12.4. The van der Waals surface area contributed by atoms with Crippen LogP contribution in [0.1, 0.15) is 47.1 Å². The molecule has 0 heterocycles. The van der Waals surface area contributed by atoms with E-state index in [9.17, 15) is 0 Å². The molecule has 0 aliphatic rings. The topological polar surface area (TPSA) is 18.5 Å². The Morgan fingerprint density at radius 2 is 1.63 bits per heavy atom. The van der Waals surface area contributed by atoms with Crippen molar-refractivity contribution in [3.8, 4) is 17.2 Å². The van der Waals surface area contributed by atoms with Gasteiger partial charge in [-0.25, -0.2) is 0 Å². The molecule has 2 aromatic rings. The van der Waals surface area contributed by atoms with Gasteiger partial charge in [0.15, 0.2) is 6.79 Å². The summed E-state index contributed by atoms with van der Waals surface area (Å²) in [5, 5.41) is 2.27. The molecule has 0 aliphatic heterocycles. The monoisotopic (exact) mass is 446 g/mol. The number of halogens is 1. The van der Waals surface area contributed by atoms with Gasteiger partial charge in [0, 0.05) is 22.5 Å². The molecular formula is C23H31BrO2Si. The fraction of sp³-hybridized carbons (Fsp3) is 0.478. The van der Waals surface area contributed by atoms with Gasteiger partial charge in [0.05, 0.1) is 0 Å². The van der Waals surface area contributed by atoms with Gasteiger partial charge in [-0.15, -0.1) is 5.54 Å². The summed E-state index contributed by atoms with van der Waals surface area (Å²) in [5.41, 5.74) is 6.78. The highest BCUT2D eigenvalue weighted by Crippen LogP contribution is 2.41. The van der Waals surface area contributed by atoms with Crippen molar-refractivity contribution in [1.82, 2.24) is 0 Å². The second kappa shape index (κ2) is 9.27. The van der Waals surface area contributed by atoms with Gasteiger partial charge >= 0.3 is 0 Å². The van der Waals surface area contributed by atoms with Crippen molar-refractivity contribution in [2.24, 2.45) is 0 Å². The molecule has 0 spiro atoms. The van der Waals surface area contributed by atoms with E-state index in [1.54, 1.807) is 7.11 Å². The van der Waals surface area contributed by atoms with E-state index < -0.39 is 8.07 Å². The Morgan fingerprint density at radius 3 is 2.19 bits per heavy atom. The minimum Gasteiger partial charge on any atom is -0.468 e. The maximum Gasteiger partial charge on any atom is 0.188 e. The van der Waals surface area contributed by atoms with Crippen LogP contribution in [0.25, 0.3) is 10.8 Å². The first-order valence-corrected chi connectivity index (χ1v) is 12.6. The molecule has 0 amide bonds. The Hall–Kier alpha value is -1.28.